The normalized spacial score (nSPS) is 17.4. The number of carbonyl (C=O) groups is 1. The lowest BCUT2D eigenvalue weighted by atomic mass is 9.80. The van der Waals surface area contributed by atoms with Crippen LogP contribution in [0.25, 0.3) is 0 Å². The highest BCUT2D eigenvalue weighted by atomic mass is 35.5. The summed E-state index contributed by atoms with van der Waals surface area (Å²) >= 11 is 12.4. The highest BCUT2D eigenvalue weighted by Gasteiger charge is 2.33. The Bertz CT molecular complexity index is 586. The predicted molar refractivity (Wildman–Crippen MR) is 103 cm³/mol. The Kier molecular flexibility index (Phi) is 6.63. The van der Waals surface area contributed by atoms with Gasteiger partial charge in [-0.15, -0.1) is 0 Å². The zero-order chi connectivity index (χ0) is 18.7. The van der Waals surface area contributed by atoms with Crippen molar-refractivity contribution in [2.75, 3.05) is 19.6 Å². The van der Waals surface area contributed by atoms with Crippen molar-refractivity contribution < 1.29 is 9.53 Å². The third kappa shape index (κ3) is 6.05. The summed E-state index contributed by atoms with van der Waals surface area (Å²) in [5.74, 6) is 0. The maximum atomic E-state index is 12.2. The fourth-order valence-corrected chi connectivity index (χ4v) is 3.45. The number of piperidine rings is 1. The molecule has 1 amide bonds. The van der Waals surface area contributed by atoms with E-state index in [4.69, 9.17) is 27.9 Å². The molecule has 1 aliphatic heterocycles. The molecule has 0 aromatic heterocycles. The van der Waals surface area contributed by atoms with Crippen LogP contribution in [0.15, 0.2) is 18.2 Å². The van der Waals surface area contributed by atoms with Gasteiger partial charge < -0.3 is 15.0 Å². The average molecular weight is 387 g/mol. The summed E-state index contributed by atoms with van der Waals surface area (Å²) in [5.41, 5.74) is 0.625. The summed E-state index contributed by atoms with van der Waals surface area (Å²) in [6.45, 7) is 10.9. The first-order valence-electron chi connectivity index (χ1n) is 8.71. The number of hydrogen-bond donors (Lipinski definition) is 1. The molecule has 0 aliphatic carbocycles. The molecular weight excluding hydrogens is 359 g/mol. The number of nitrogens with zero attached hydrogens (tertiary/aromatic N) is 1. The molecule has 4 nitrogen and oxygen atoms in total. The van der Waals surface area contributed by atoms with E-state index < -0.39 is 5.60 Å². The van der Waals surface area contributed by atoms with Crippen LogP contribution >= 0.6 is 23.2 Å². The fraction of sp³-hybridized carbons (Fsp3) is 0.632. The van der Waals surface area contributed by atoms with Crippen molar-refractivity contribution >= 4 is 29.3 Å². The molecule has 1 aromatic rings. The average Bonchev–Trinajstić information content (AvgIpc) is 2.49. The molecule has 6 heteroatoms. The van der Waals surface area contributed by atoms with Gasteiger partial charge in [0.05, 0.1) is 0 Å². The maximum absolute atomic E-state index is 12.2. The van der Waals surface area contributed by atoms with Crippen LogP contribution in [0.1, 0.15) is 46.1 Å². The Morgan fingerprint density at radius 3 is 2.32 bits per heavy atom. The predicted octanol–water partition coefficient (Wildman–Crippen LogP) is 5.12. The fourth-order valence-electron chi connectivity index (χ4n) is 2.92. The maximum Gasteiger partial charge on any atom is 0.410 e. The SMILES string of the molecule is CC1(CNCc2c(Cl)cccc2Cl)CCN(C(=O)OC(C)(C)C)CC1. The van der Waals surface area contributed by atoms with Gasteiger partial charge in [0.25, 0.3) is 0 Å². The topological polar surface area (TPSA) is 41.6 Å². The lowest BCUT2D eigenvalue weighted by Crippen LogP contribution is -2.47. The number of likely N-dealkylation sites (tertiary alicyclic amines) is 1. The molecule has 1 heterocycles. The van der Waals surface area contributed by atoms with E-state index in [9.17, 15) is 4.79 Å². The van der Waals surface area contributed by atoms with E-state index in [1.54, 1.807) is 4.90 Å². The molecule has 25 heavy (non-hydrogen) atoms. The number of hydrogen-bond acceptors (Lipinski definition) is 3. The Hall–Kier alpha value is -0.970. The molecule has 1 fully saturated rings. The molecule has 1 aliphatic rings. The zero-order valence-electron chi connectivity index (χ0n) is 15.5. The third-order valence-electron chi connectivity index (χ3n) is 4.54. The van der Waals surface area contributed by atoms with Crippen molar-refractivity contribution in [2.45, 2.75) is 52.7 Å². The molecule has 0 spiro atoms. The molecule has 0 bridgehead atoms. The van der Waals surface area contributed by atoms with Crippen molar-refractivity contribution in [1.82, 2.24) is 10.2 Å². The summed E-state index contributed by atoms with van der Waals surface area (Å²) in [6.07, 6.45) is 1.66. The molecule has 0 radical (unpaired) electrons. The smallest absolute Gasteiger partial charge is 0.410 e. The molecule has 2 rings (SSSR count). The van der Waals surface area contributed by atoms with Gasteiger partial charge in [-0.25, -0.2) is 4.79 Å². The lowest BCUT2D eigenvalue weighted by Gasteiger charge is -2.40. The minimum absolute atomic E-state index is 0.145. The molecule has 0 unspecified atom stereocenters. The van der Waals surface area contributed by atoms with Gasteiger partial charge in [0.1, 0.15) is 5.60 Å². The van der Waals surface area contributed by atoms with Gasteiger partial charge in [-0.2, -0.15) is 0 Å². The number of rotatable bonds is 4. The molecule has 0 atom stereocenters. The van der Waals surface area contributed by atoms with Crippen LogP contribution in [0.4, 0.5) is 4.79 Å². The van der Waals surface area contributed by atoms with E-state index in [0.29, 0.717) is 16.6 Å². The van der Waals surface area contributed by atoms with Gasteiger partial charge in [-0.1, -0.05) is 36.2 Å². The molecule has 1 saturated heterocycles. The van der Waals surface area contributed by atoms with Crippen molar-refractivity contribution in [1.29, 1.82) is 0 Å². The van der Waals surface area contributed by atoms with Gasteiger partial charge in [0.2, 0.25) is 0 Å². The Balaban J connectivity index is 1.81. The second kappa shape index (κ2) is 8.15. The van der Waals surface area contributed by atoms with Crippen LogP contribution < -0.4 is 5.32 Å². The first-order chi connectivity index (χ1) is 11.6. The lowest BCUT2D eigenvalue weighted by molar-refractivity contribution is 0.0119. The van der Waals surface area contributed by atoms with Gasteiger partial charge in [0.15, 0.2) is 0 Å². The summed E-state index contributed by atoms with van der Waals surface area (Å²) in [6, 6.07) is 5.55. The summed E-state index contributed by atoms with van der Waals surface area (Å²) in [5, 5.41) is 4.84. The minimum atomic E-state index is -0.451. The van der Waals surface area contributed by atoms with Crippen molar-refractivity contribution in [3.05, 3.63) is 33.8 Å². The first-order valence-corrected chi connectivity index (χ1v) is 9.47. The van der Waals surface area contributed by atoms with E-state index in [2.05, 4.69) is 12.2 Å². The van der Waals surface area contributed by atoms with Crippen LogP contribution in [0.5, 0.6) is 0 Å². The van der Waals surface area contributed by atoms with Crippen LogP contribution in [-0.2, 0) is 11.3 Å². The van der Waals surface area contributed by atoms with Gasteiger partial charge in [-0.05, 0) is 51.2 Å². The van der Waals surface area contributed by atoms with Gasteiger partial charge >= 0.3 is 6.09 Å². The summed E-state index contributed by atoms with van der Waals surface area (Å²) in [7, 11) is 0. The van der Waals surface area contributed by atoms with Crippen LogP contribution in [-0.4, -0.2) is 36.2 Å². The molecule has 0 saturated carbocycles. The number of halogens is 2. The van der Waals surface area contributed by atoms with Crippen LogP contribution in [0, 0.1) is 5.41 Å². The number of nitrogens with one attached hydrogen (secondary N) is 1. The minimum Gasteiger partial charge on any atom is -0.444 e. The number of carbonyl (C=O) groups excluding carboxylic acids is 1. The van der Waals surface area contributed by atoms with Gasteiger partial charge in [0, 0.05) is 41.8 Å². The number of amides is 1. The van der Waals surface area contributed by atoms with Crippen molar-refractivity contribution in [2.24, 2.45) is 5.41 Å². The second-order valence-electron chi connectivity index (χ2n) is 8.08. The summed E-state index contributed by atoms with van der Waals surface area (Å²) < 4.78 is 5.45. The molecule has 1 N–H and O–H groups in total. The van der Waals surface area contributed by atoms with Crippen LogP contribution in [0.2, 0.25) is 10.0 Å². The van der Waals surface area contributed by atoms with Crippen molar-refractivity contribution in [3.8, 4) is 0 Å². The largest absolute Gasteiger partial charge is 0.444 e. The highest BCUT2D eigenvalue weighted by Crippen LogP contribution is 2.31. The van der Waals surface area contributed by atoms with E-state index in [1.165, 1.54) is 0 Å². The highest BCUT2D eigenvalue weighted by molar-refractivity contribution is 6.35. The zero-order valence-corrected chi connectivity index (χ0v) is 17.0. The van der Waals surface area contributed by atoms with E-state index in [1.807, 2.05) is 39.0 Å². The quantitative estimate of drug-likeness (QED) is 0.780. The Morgan fingerprint density at radius 2 is 1.80 bits per heavy atom. The van der Waals surface area contributed by atoms with Crippen molar-refractivity contribution in [3.63, 3.8) is 0 Å². The molecule has 1 aromatic carbocycles. The number of benzene rings is 1. The van der Waals surface area contributed by atoms with Crippen LogP contribution in [0.3, 0.4) is 0 Å². The Morgan fingerprint density at radius 1 is 1.24 bits per heavy atom. The van der Waals surface area contributed by atoms with E-state index >= 15 is 0 Å². The van der Waals surface area contributed by atoms with Gasteiger partial charge in [-0.3, -0.25) is 0 Å². The van der Waals surface area contributed by atoms with E-state index in [0.717, 1.165) is 38.0 Å². The number of ether oxygens (including phenoxy) is 1. The second-order valence-corrected chi connectivity index (χ2v) is 8.90. The monoisotopic (exact) mass is 386 g/mol. The molecular formula is C19H28Cl2N2O2. The summed E-state index contributed by atoms with van der Waals surface area (Å²) in [4.78, 5) is 14.0. The Labute approximate surface area is 160 Å². The first kappa shape index (κ1) is 20.3. The molecule has 140 valence electrons. The van der Waals surface area contributed by atoms with E-state index in [-0.39, 0.29) is 11.5 Å². The third-order valence-corrected chi connectivity index (χ3v) is 5.25. The standard InChI is InChI=1S/C19H28Cl2N2O2/c1-18(2,3)25-17(24)23-10-8-19(4,9-11-23)13-22-12-14-15(20)6-5-7-16(14)21/h5-7,22H,8-13H2,1-4H3.